The van der Waals surface area contributed by atoms with Gasteiger partial charge < -0.3 is 4.74 Å². The van der Waals surface area contributed by atoms with Crippen molar-refractivity contribution in [1.82, 2.24) is 4.31 Å². The van der Waals surface area contributed by atoms with Crippen LogP contribution < -0.4 is 0 Å². The maximum atomic E-state index is 12.7. The van der Waals surface area contributed by atoms with Crippen molar-refractivity contribution in [2.24, 2.45) is 0 Å². The largest absolute Gasteiger partial charge is 0.377 e. The molecule has 0 N–H and O–H groups in total. The van der Waals surface area contributed by atoms with Gasteiger partial charge in [-0.2, -0.15) is 4.31 Å². The van der Waals surface area contributed by atoms with Crippen LogP contribution in [0, 0.1) is 6.92 Å². The Morgan fingerprint density at radius 1 is 1.45 bits per heavy atom. The number of ether oxygens (including phenoxy) is 1. The molecular weight excluding hydrogens is 342 g/mol. The number of rotatable bonds is 4. The van der Waals surface area contributed by atoms with E-state index >= 15 is 0 Å². The highest BCUT2D eigenvalue weighted by Gasteiger charge is 2.31. The first-order chi connectivity index (χ1) is 9.45. The molecule has 20 heavy (non-hydrogen) atoms. The zero-order valence-corrected chi connectivity index (χ0v) is 14.2. The van der Waals surface area contributed by atoms with Crippen molar-refractivity contribution in [3.8, 4) is 0 Å². The second-order valence-electron chi connectivity index (χ2n) is 5.02. The molecule has 1 aromatic rings. The van der Waals surface area contributed by atoms with Gasteiger partial charge in [0.25, 0.3) is 0 Å². The summed E-state index contributed by atoms with van der Waals surface area (Å²) in [6.45, 7) is 5.49. The summed E-state index contributed by atoms with van der Waals surface area (Å²) in [7, 11) is -3.45. The molecule has 1 unspecified atom stereocenters. The highest BCUT2D eigenvalue weighted by molar-refractivity contribution is 9.10. The fourth-order valence-electron chi connectivity index (χ4n) is 2.45. The number of piperidine rings is 1. The summed E-state index contributed by atoms with van der Waals surface area (Å²) in [6.07, 6.45) is 1.77. The van der Waals surface area contributed by atoms with Gasteiger partial charge in [0.1, 0.15) is 0 Å². The van der Waals surface area contributed by atoms with E-state index in [1.54, 1.807) is 6.07 Å². The molecule has 0 aromatic heterocycles. The van der Waals surface area contributed by atoms with Gasteiger partial charge in [-0.3, -0.25) is 0 Å². The Labute approximate surface area is 129 Å². The SMILES string of the molecule is CCOC1CCCN(S(=O)(=O)c2ccc(C)cc2Br)C1. The smallest absolute Gasteiger partial charge is 0.244 e. The third kappa shape index (κ3) is 3.42. The molecule has 1 heterocycles. The Hall–Kier alpha value is -0.430. The average Bonchev–Trinajstić information content (AvgIpc) is 2.39. The molecule has 6 heteroatoms. The van der Waals surface area contributed by atoms with Crippen LogP contribution in [0.4, 0.5) is 0 Å². The second-order valence-corrected chi connectivity index (χ2v) is 7.78. The lowest BCUT2D eigenvalue weighted by Crippen LogP contribution is -2.43. The van der Waals surface area contributed by atoms with Crippen molar-refractivity contribution in [3.05, 3.63) is 28.2 Å². The quantitative estimate of drug-likeness (QED) is 0.827. The zero-order valence-electron chi connectivity index (χ0n) is 11.8. The van der Waals surface area contributed by atoms with Gasteiger partial charge in [0, 0.05) is 24.2 Å². The fraction of sp³-hybridized carbons (Fsp3) is 0.571. The van der Waals surface area contributed by atoms with E-state index in [9.17, 15) is 8.42 Å². The molecule has 0 aliphatic carbocycles. The third-order valence-corrected chi connectivity index (χ3v) is 6.29. The minimum Gasteiger partial charge on any atom is -0.377 e. The first kappa shape index (κ1) is 15.9. The van der Waals surface area contributed by atoms with Crippen molar-refractivity contribution >= 4 is 26.0 Å². The van der Waals surface area contributed by atoms with E-state index < -0.39 is 10.0 Å². The first-order valence-corrected chi connectivity index (χ1v) is 9.06. The lowest BCUT2D eigenvalue weighted by atomic mass is 10.1. The standard InChI is InChI=1S/C14H20BrNO3S/c1-3-19-12-5-4-8-16(10-12)20(17,18)14-7-6-11(2)9-13(14)15/h6-7,9,12H,3-5,8,10H2,1-2H3. The number of halogens is 1. The van der Waals surface area contributed by atoms with E-state index in [4.69, 9.17) is 4.74 Å². The van der Waals surface area contributed by atoms with Gasteiger partial charge in [-0.05, 0) is 60.3 Å². The van der Waals surface area contributed by atoms with Crippen molar-refractivity contribution in [2.45, 2.75) is 37.7 Å². The Balaban J connectivity index is 2.25. The molecule has 1 aliphatic heterocycles. The molecule has 2 rings (SSSR count). The minimum absolute atomic E-state index is 0.00717. The Morgan fingerprint density at radius 2 is 2.20 bits per heavy atom. The predicted octanol–water partition coefficient (Wildman–Crippen LogP) is 2.95. The zero-order chi connectivity index (χ0) is 14.8. The summed E-state index contributed by atoms with van der Waals surface area (Å²) >= 11 is 3.36. The lowest BCUT2D eigenvalue weighted by molar-refractivity contribution is 0.0265. The third-order valence-electron chi connectivity index (χ3n) is 3.45. The molecule has 1 aliphatic rings. The van der Waals surface area contributed by atoms with Crippen LogP contribution in [0.2, 0.25) is 0 Å². The number of hydrogen-bond donors (Lipinski definition) is 0. The molecule has 0 saturated carbocycles. The number of benzene rings is 1. The number of sulfonamides is 1. The number of aryl methyl sites for hydroxylation is 1. The van der Waals surface area contributed by atoms with E-state index in [0.29, 0.717) is 29.1 Å². The molecule has 0 radical (unpaired) electrons. The molecular formula is C14H20BrNO3S. The molecule has 4 nitrogen and oxygen atoms in total. The fourth-order valence-corrected chi connectivity index (χ4v) is 5.11. The molecule has 1 saturated heterocycles. The predicted molar refractivity (Wildman–Crippen MR) is 82.3 cm³/mol. The summed E-state index contributed by atoms with van der Waals surface area (Å²) in [5.74, 6) is 0. The van der Waals surface area contributed by atoms with Crippen LogP contribution in [0.25, 0.3) is 0 Å². The summed E-state index contributed by atoms with van der Waals surface area (Å²) in [6, 6.07) is 5.32. The van der Waals surface area contributed by atoms with Crippen molar-refractivity contribution in [1.29, 1.82) is 0 Å². The van der Waals surface area contributed by atoms with Crippen LogP contribution in [0.3, 0.4) is 0 Å². The Morgan fingerprint density at radius 3 is 2.85 bits per heavy atom. The van der Waals surface area contributed by atoms with E-state index in [1.165, 1.54) is 4.31 Å². The van der Waals surface area contributed by atoms with Gasteiger partial charge in [0.15, 0.2) is 0 Å². The summed E-state index contributed by atoms with van der Waals surface area (Å²) in [5, 5.41) is 0. The van der Waals surface area contributed by atoms with E-state index in [0.717, 1.165) is 18.4 Å². The highest BCUT2D eigenvalue weighted by atomic mass is 79.9. The maximum Gasteiger partial charge on any atom is 0.244 e. The van der Waals surface area contributed by atoms with Gasteiger partial charge in [0.05, 0.1) is 11.0 Å². The summed E-state index contributed by atoms with van der Waals surface area (Å²) in [4.78, 5) is 0.334. The summed E-state index contributed by atoms with van der Waals surface area (Å²) < 4.78 is 33.1. The van der Waals surface area contributed by atoms with Crippen molar-refractivity contribution < 1.29 is 13.2 Å². The molecule has 0 spiro atoms. The van der Waals surface area contributed by atoms with Crippen LogP contribution >= 0.6 is 15.9 Å². The second kappa shape index (κ2) is 6.56. The van der Waals surface area contributed by atoms with Gasteiger partial charge in [-0.15, -0.1) is 0 Å². The first-order valence-electron chi connectivity index (χ1n) is 6.83. The lowest BCUT2D eigenvalue weighted by Gasteiger charge is -2.31. The van der Waals surface area contributed by atoms with E-state index in [2.05, 4.69) is 15.9 Å². The van der Waals surface area contributed by atoms with Crippen molar-refractivity contribution in [2.75, 3.05) is 19.7 Å². The normalized spacial score (nSPS) is 21.1. The van der Waals surface area contributed by atoms with Crippen LogP contribution in [0.1, 0.15) is 25.3 Å². The van der Waals surface area contributed by atoms with Gasteiger partial charge in [0.2, 0.25) is 10.0 Å². The summed E-state index contributed by atoms with van der Waals surface area (Å²) in [5.41, 5.74) is 1.03. The van der Waals surface area contributed by atoms with E-state index in [-0.39, 0.29) is 6.10 Å². The van der Waals surface area contributed by atoms with Gasteiger partial charge in [-0.1, -0.05) is 6.07 Å². The Kier molecular flexibility index (Phi) is 5.23. The monoisotopic (exact) mass is 361 g/mol. The number of nitrogens with zero attached hydrogens (tertiary/aromatic N) is 1. The van der Waals surface area contributed by atoms with Gasteiger partial charge >= 0.3 is 0 Å². The van der Waals surface area contributed by atoms with Crippen LogP contribution in [0.5, 0.6) is 0 Å². The molecule has 0 amide bonds. The topological polar surface area (TPSA) is 46.6 Å². The highest BCUT2D eigenvalue weighted by Crippen LogP contribution is 2.28. The van der Waals surface area contributed by atoms with Crippen LogP contribution in [-0.4, -0.2) is 38.5 Å². The molecule has 1 fully saturated rings. The molecule has 1 aromatic carbocycles. The Bertz CT molecular complexity index is 572. The number of hydrogen-bond acceptors (Lipinski definition) is 3. The van der Waals surface area contributed by atoms with Crippen molar-refractivity contribution in [3.63, 3.8) is 0 Å². The molecule has 0 bridgehead atoms. The van der Waals surface area contributed by atoms with Gasteiger partial charge in [-0.25, -0.2) is 8.42 Å². The van der Waals surface area contributed by atoms with E-state index in [1.807, 2.05) is 26.0 Å². The minimum atomic E-state index is -3.45. The van der Waals surface area contributed by atoms with Crippen LogP contribution in [0.15, 0.2) is 27.6 Å². The van der Waals surface area contributed by atoms with Crippen LogP contribution in [-0.2, 0) is 14.8 Å². The molecule has 1 atom stereocenters. The maximum absolute atomic E-state index is 12.7. The average molecular weight is 362 g/mol. The molecule has 112 valence electrons.